The van der Waals surface area contributed by atoms with Gasteiger partial charge in [-0.05, 0) is 96.8 Å². The van der Waals surface area contributed by atoms with Crippen LogP contribution in [0.2, 0.25) is 0 Å². The third-order valence-corrected chi connectivity index (χ3v) is 5.47. The van der Waals surface area contributed by atoms with E-state index >= 15 is 0 Å². The highest BCUT2D eigenvalue weighted by atomic mass is 127. The molecular formula is C21H29ClINO3. The van der Waals surface area contributed by atoms with E-state index in [1.165, 1.54) is 14.7 Å². The minimum atomic E-state index is 0. The Labute approximate surface area is 182 Å². The Morgan fingerprint density at radius 2 is 1.52 bits per heavy atom. The normalized spacial score (nSPS) is 11.4. The van der Waals surface area contributed by atoms with E-state index in [0.717, 1.165) is 43.1 Å². The highest BCUT2D eigenvalue weighted by molar-refractivity contribution is 14.1. The van der Waals surface area contributed by atoms with Crippen molar-refractivity contribution in [3.63, 3.8) is 0 Å². The Morgan fingerprint density at radius 1 is 0.889 bits per heavy atom. The highest BCUT2D eigenvalue weighted by Gasteiger charge is 2.07. The number of nitrogens with one attached hydrogen (secondary N) is 1. The molecule has 0 amide bonds. The zero-order valence-corrected chi connectivity index (χ0v) is 19.4. The number of ether oxygens (including phenoxy) is 3. The van der Waals surface area contributed by atoms with Gasteiger partial charge in [0.2, 0.25) is 0 Å². The smallest absolute Gasteiger partial charge is 0.122 e. The van der Waals surface area contributed by atoms with Gasteiger partial charge in [0.15, 0.2) is 0 Å². The number of rotatable bonds is 10. The molecule has 0 saturated carbocycles. The lowest BCUT2D eigenvalue weighted by Gasteiger charge is -2.15. The predicted octanol–water partition coefficient (Wildman–Crippen LogP) is 4.89. The maximum Gasteiger partial charge on any atom is 0.122 e. The van der Waals surface area contributed by atoms with Gasteiger partial charge in [-0.25, -0.2) is 0 Å². The number of methoxy groups -OCH3 is 3. The lowest BCUT2D eigenvalue weighted by Crippen LogP contribution is -2.28. The summed E-state index contributed by atoms with van der Waals surface area (Å²) < 4.78 is 17.3. The monoisotopic (exact) mass is 505 g/mol. The second-order valence-electron chi connectivity index (χ2n) is 6.32. The van der Waals surface area contributed by atoms with Crippen molar-refractivity contribution >= 4 is 35.0 Å². The van der Waals surface area contributed by atoms with Gasteiger partial charge in [0.05, 0.1) is 21.3 Å². The van der Waals surface area contributed by atoms with Gasteiger partial charge in [0, 0.05) is 15.7 Å². The highest BCUT2D eigenvalue weighted by Crippen LogP contribution is 2.23. The van der Waals surface area contributed by atoms with Gasteiger partial charge in [-0.15, -0.1) is 12.4 Å². The molecule has 0 aliphatic rings. The summed E-state index contributed by atoms with van der Waals surface area (Å²) in [6.45, 7) is 3.16. The van der Waals surface area contributed by atoms with Gasteiger partial charge in [-0.3, -0.25) is 0 Å². The van der Waals surface area contributed by atoms with Crippen LogP contribution in [0.15, 0.2) is 36.4 Å². The van der Waals surface area contributed by atoms with E-state index in [9.17, 15) is 0 Å². The van der Waals surface area contributed by atoms with Crippen molar-refractivity contribution in [2.24, 2.45) is 0 Å². The summed E-state index contributed by atoms with van der Waals surface area (Å²) in [5.41, 5.74) is 2.55. The summed E-state index contributed by atoms with van der Waals surface area (Å²) in [5, 5.41) is 3.61. The Balaban J connectivity index is 0.00000364. The van der Waals surface area contributed by atoms with Crippen LogP contribution in [0.25, 0.3) is 0 Å². The second kappa shape index (κ2) is 12.3. The third-order valence-electron chi connectivity index (χ3n) is 4.42. The van der Waals surface area contributed by atoms with Crippen LogP contribution in [0.3, 0.4) is 0 Å². The zero-order chi connectivity index (χ0) is 18.9. The fourth-order valence-corrected chi connectivity index (χ4v) is 3.42. The molecule has 1 unspecified atom stereocenters. The second-order valence-corrected chi connectivity index (χ2v) is 7.48. The molecule has 2 aromatic carbocycles. The number of hydrogen-bond donors (Lipinski definition) is 1. The SMILES string of the molecule is COc1cc(CCNC(C)CCc2cc(OC)ccc2I)cc(OC)c1.Cl. The summed E-state index contributed by atoms with van der Waals surface area (Å²) in [6.07, 6.45) is 3.07. The molecule has 4 nitrogen and oxygen atoms in total. The molecule has 0 aromatic heterocycles. The molecule has 0 heterocycles. The number of halogens is 2. The molecule has 6 heteroatoms. The molecule has 27 heavy (non-hydrogen) atoms. The lowest BCUT2D eigenvalue weighted by atomic mass is 10.1. The topological polar surface area (TPSA) is 39.7 Å². The Morgan fingerprint density at radius 3 is 2.11 bits per heavy atom. The summed E-state index contributed by atoms with van der Waals surface area (Å²) >= 11 is 2.39. The fraction of sp³-hybridized carbons (Fsp3) is 0.429. The molecule has 150 valence electrons. The third kappa shape index (κ3) is 7.76. The van der Waals surface area contributed by atoms with Gasteiger partial charge < -0.3 is 19.5 Å². The van der Waals surface area contributed by atoms with Crippen LogP contribution in [-0.2, 0) is 12.8 Å². The first-order chi connectivity index (χ1) is 12.5. The Hall–Kier alpha value is -1.18. The van der Waals surface area contributed by atoms with Crippen molar-refractivity contribution in [1.29, 1.82) is 0 Å². The molecule has 0 radical (unpaired) electrons. The van der Waals surface area contributed by atoms with Crippen LogP contribution >= 0.6 is 35.0 Å². The van der Waals surface area contributed by atoms with E-state index in [4.69, 9.17) is 14.2 Å². The maximum atomic E-state index is 5.33. The molecule has 0 fully saturated rings. The molecule has 0 bridgehead atoms. The van der Waals surface area contributed by atoms with Gasteiger partial charge in [-0.1, -0.05) is 0 Å². The van der Waals surface area contributed by atoms with Gasteiger partial charge in [-0.2, -0.15) is 0 Å². The van der Waals surface area contributed by atoms with Gasteiger partial charge >= 0.3 is 0 Å². The van der Waals surface area contributed by atoms with Crippen molar-refractivity contribution in [1.82, 2.24) is 5.32 Å². The average molecular weight is 506 g/mol. The molecule has 2 aromatic rings. The van der Waals surface area contributed by atoms with Crippen molar-refractivity contribution in [3.8, 4) is 17.2 Å². The van der Waals surface area contributed by atoms with Gasteiger partial charge in [0.1, 0.15) is 17.2 Å². The van der Waals surface area contributed by atoms with E-state index in [1.807, 2.05) is 12.1 Å². The molecule has 0 spiro atoms. The molecule has 1 N–H and O–H groups in total. The lowest BCUT2D eigenvalue weighted by molar-refractivity contribution is 0.393. The van der Waals surface area contributed by atoms with Crippen LogP contribution in [0.1, 0.15) is 24.5 Å². The predicted molar refractivity (Wildman–Crippen MR) is 122 cm³/mol. The first kappa shape index (κ1) is 23.9. The largest absolute Gasteiger partial charge is 0.497 e. The van der Waals surface area contributed by atoms with Crippen LogP contribution in [-0.4, -0.2) is 33.9 Å². The van der Waals surface area contributed by atoms with Crippen molar-refractivity contribution in [2.75, 3.05) is 27.9 Å². The fourth-order valence-electron chi connectivity index (χ4n) is 2.82. The first-order valence-corrected chi connectivity index (χ1v) is 9.91. The Kier molecular flexibility index (Phi) is 10.9. The van der Waals surface area contributed by atoms with E-state index in [-0.39, 0.29) is 12.4 Å². The molecule has 1 atom stereocenters. The Bertz CT molecular complexity index is 690. The van der Waals surface area contributed by atoms with Crippen molar-refractivity contribution in [2.45, 2.75) is 32.2 Å². The summed E-state index contributed by atoms with van der Waals surface area (Å²) in [6, 6.07) is 12.7. The van der Waals surface area contributed by atoms with Gasteiger partial charge in [0.25, 0.3) is 0 Å². The van der Waals surface area contributed by atoms with Crippen LogP contribution in [0, 0.1) is 3.57 Å². The summed E-state index contributed by atoms with van der Waals surface area (Å²) in [5.74, 6) is 2.59. The standard InChI is InChI=1S/C21H28INO3.ClH/c1-15(5-6-17-13-18(24-2)7-8-21(17)22)23-10-9-16-11-19(25-3)14-20(12-16)26-4;/h7-8,11-15,23H,5-6,9-10H2,1-4H3;1H. The van der Waals surface area contributed by atoms with E-state index in [1.54, 1.807) is 21.3 Å². The van der Waals surface area contributed by atoms with E-state index in [0.29, 0.717) is 6.04 Å². The zero-order valence-electron chi connectivity index (χ0n) is 16.4. The molecule has 0 aliphatic heterocycles. The van der Waals surface area contributed by atoms with E-state index < -0.39 is 0 Å². The molecule has 0 aliphatic carbocycles. The molecule has 0 saturated heterocycles. The average Bonchev–Trinajstić information content (AvgIpc) is 2.67. The molecule has 2 rings (SSSR count). The summed E-state index contributed by atoms with van der Waals surface area (Å²) in [7, 11) is 5.07. The van der Waals surface area contributed by atoms with Crippen LogP contribution in [0.5, 0.6) is 17.2 Å². The minimum Gasteiger partial charge on any atom is -0.497 e. The number of aryl methyl sites for hydroxylation is 1. The first-order valence-electron chi connectivity index (χ1n) is 8.83. The number of hydrogen-bond acceptors (Lipinski definition) is 4. The van der Waals surface area contributed by atoms with Crippen LogP contribution in [0.4, 0.5) is 0 Å². The van der Waals surface area contributed by atoms with E-state index in [2.05, 4.69) is 59.1 Å². The molecular weight excluding hydrogens is 477 g/mol. The quantitative estimate of drug-likeness (QED) is 0.467. The number of benzene rings is 2. The van der Waals surface area contributed by atoms with Crippen molar-refractivity contribution < 1.29 is 14.2 Å². The minimum absolute atomic E-state index is 0. The van der Waals surface area contributed by atoms with Crippen LogP contribution < -0.4 is 19.5 Å². The summed E-state index contributed by atoms with van der Waals surface area (Å²) in [4.78, 5) is 0. The maximum absolute atomic E-state index is 5.33. The van der Waals surface area contributed by atoms with Crippen molar-refractivity contribution in [3.05, 3.63) is 51.1 Å².